The summed E-state index contributed by atoms with van der Waals surface area (Å²) in [6.45, 7) is 3.20. The molecule has 0 spiro atoms. The molecule has 0 aliphatic rings. The van der Waals surface area contributed by atoms with Crippen LogP contribution in [0.15, 0.2) is 36.5 Å². The van der Waals surface area contributed by atoms with Crippen molar-refractivity contribution in [1.82, 2.24) is 9.78 Å². The predicted molar refractivity (Wildman–Crippen MR) is 64.2 cm³/mol. The zero-order chi connectivity index (χ0) is 12.4. The SMILES string of the molecule is CC(=O)c1ccn(-c2cccc([C@@H](C)O)c2)n1. The minimum Gasteiger partial charge on any atom is -0.389 e. The van der Waals surface area contributed by atoms with Crippen molar-refractivity contribution in [2.45, 2.75) is 20.0 Å². The van der Waals surface area contributed by atoms with Gasteiger partial charge in [0.2, 0.25) is 0 Å². The molecule has 0 bridgehead atoms. The lowest BCUT2D eigenvalue weighted by atomic mass is 10.1. The first kappa shape index (κ1) is 11.5. The average molecular weight is 230 g/mol. The Morgan fingerprint density at radius 2 is 2.18 bits per heavy atom. The van der Waals surface area contributed by atoms with Crippen LogP contribution < -0.4 is 0 Å². The van der Waals surface area contributed by atoms with Crippen molar-refractivity contribution in [3.8, 4) is 5.69 Å². The molecule has 2 rings (SSSR count). The summed E-state index contributed by atoms with van der Waals surface area (Å²) in [5.74, 6) is -0.0598. The molecule has 1 atom stereocenters. The molecular formula is C13H14N2O2. The Morgan fingerprint density at radius 3 is 2.76 bits per heavy atom. The summed E-state index contributed by atoms with van der Waals surface area (Å²) in [6, 6.07) is 9.11. The molecule has 1 heterocycles. The van der Waals surface area contributed by atoms with Crippen LogP contribution in [0.25, 0.3) is 5.69 Å². The highest BCUT2D eigenvalue weighted by atomic mass is 16.3. The van der Waals surface area contributed by atoms with Gasteiger partial charge >= 0.3 is 0 Å². The van der Waals surface area contributed by atoms with Gasteiger partial charge in [-0.15, -0.1) is 0 Å². The van der Waals surface area contributed by atoms with Gasteiger partial charge in [-0.1, -0.05) is 12.1 Å². The van der Waals surface area contributed by atoms with Crippen molar-refractivity contribution in [2.24, 2.45) is 0 Å². The van der Waals surface area contributed by atoms with Crippen LogP contribution in [0.4, 0.5) is 0 Å². The lowest BCUT2D eigenvalue weighted by molar-refractivity contribution is 0.101. The van der Waals surface area contributed by atoms with E-state index in [0.717, 1.165) is 11.3 Å². The topological polar surface area (TPSA) is 55.1 Å². The summed E-state index contributed by atoms with van der Waals surface area (Å²) < 4.78 is 1.63. The molecule has 0 radical (unpaired) electrons. The number of hydrogen-bond acceptors (Lipinski definition) is 3. The molecule has 0 fully saturated rings. The second-order valence-electron chi connectivity index (χ2n) is 3.97. The Labute approximate surface area is 99.5 Å². The molecule has 0 unspecified atom stereocenters. The van der Waals surface area contributed by atoms with Crippen LogP contribution in [0.1, 0.15) is 36.0 Å². The van der Waals surface area contributed by atoms with Crippen LogP contribution in [-0.2, 0) is 0 Å². The molecule has 0 aliphatic heterocycles. The Morgan fingerprint density at radius 1 is 1.41 bits per heavy atom. The molecule has 0 aliphatic carbocycles. The molecule has 4 heteroatoms. The van der Waals surface area contributed by atoms with Gasteiger partial charge in [-0.3, -0.25) is 4.79 Å². The maximum atomic E-state index is 11.1. The monoisotopic (exact) mass is 230 g/mol. The lowest BCUT2D eigenvalue weighted by Gasteiger charge is -2.07. The minimum absolute atomic E-state index is 0.0598. The number of nitrogens with zero attached hydrogens (tertiary/aromatic N) is 2. The quantitative estimate of drug-likeness (QED) is 0.822. The number of benzene rings is 1. The van der Waals surface area contributed by atoms with E-state index in [2.05, 4.69) is 5.10 Å². The van der Waals surface area contributed by atoms with E-state index in [0.29, 0.717) is 5.69 Å². The van der Waals surface area contributed by atoms with Crippen LogP contribution in [0, 0.1) is 0 Å². The zero-order valence-electron chi connectivity index (χ0n) is 9.79. The van der Waals surface area contributed by atoms with Gasteiger partial charge < -0.3 is 5.11 Å². The van der Waals surface area contributed by atoms with Crippen molar-refractivity contribution < 1.29 is 9.90 Å². The van der Waals surface area contributed by atoms with Crippen LogP contribution in [0.3, 0.4) is 0 Å². The number of aromatic nitrogens is 2. The van der Waals surface area contributed by atoms with E-state index in [9.17, 15) is 9.90 Å². The summed E-state index contributed by atoms with van der Waals surface area (Å²) in [7, 11) is 0. The number of rotatable bonds is 3. The van der Waals surface area contributed by atoms with Gasteiger partial charge in [0.25, 0.3) is 0 Å². The molecule has 1 N–H and O–H groups in total. The van der Waals surface area contributed by atoms with E-state index < -0.39 is 6.10 Å². The van der Waals surface area contributed by atoms with E-state index in [1.807, 2.05) is 24.3 Å². The molecule has 4 nitrogen and oxygen atoms in total. The fourth-order valence-corrected chi connectivity index (χ4v) is 1.58. The highest BCUT2D eigenvalue weighted by Gasteiger charge is 2.06. The summed E-state index contributed by atoms with van der Waals surface area (Å²) in [5.41, 5.74) is 2.09. The third kappa shape index (κ3) is 2.42. The molecular weight excluding hydrogens is 216 g/mol. The van der Waals surface area contributed by atoms with Gasteiger partial charge in [-0.25, -0.2) is 4.68 Å². The summed E-state index contributed by atoms with van der Waals surface area (Å²) in [6.07, 6.45) is 1.22. The molecule has 2 aromatic rings. The average Bonchev–Trinajstić information content (AvgIpc) is 2.78. The van der Waals surface area contributed by atoms with Crippen LogP contribution in [-0.4, -0.2) is 20.7 Å². The van der Waals surface area contributed by atoms with Crippen molar-refractivity contribution in [3.05, 3.63) is 47.8 Å². The molecule has 88 valence electrons. The standard InChI is InChI=1S/C13H14N2O2/c1-9(16)11-4-3-5-12(8-11)15-7-6-13(14-15)10(2)17/h3-9,16H,1-2H3/t9-/m1/s1. The van der Waals surface area contributed by atoms with Crippen molar-refractivity contribution in [3.63, 3.8) is 0 Å². The van der Waals surface area contributed by atoms with Gasteiger partial charge in [-0.05, 0) is 30.7 Å². The fourth-order valence-electron chi connectivity index (χ4n) is 1.58. The zero-order valence-corrected chi connectivity index (χ0v) is 9.79. The first-order valence-electron chi connectivity index (χ1n) is 5.43. The fraction of sp³-hybridized carbons (Fsp3) is 0.231. The number of carbonyl (C=O) groups is 1. The third-order valence-electron chi connectivity index (χ3n) is 2.57. The second kappa shape index (κ2) is 4.51. The Hall–Kier alpha value is -1.94. The molecule has 0 amide bonds. The maximum absolute atomic E-state index is 11.1. The highest BCUT2D eigenvalue weighted by Crippen LogP contribution is 2.16. The minimum atomic E-state index is -0.516. The first-order valence-corrected chi connectivity index (χ1v) is 5.43. The lowest BCUT2D eigenvalue weighted by Crippen LogP contribution is -2.00. The van der Waals surface area contributed by atoms with Crippen molar-refractivity contribution in [2.75, 3.05) is 0 Å². The van der Waals surface area contributed by atoms with Gasteiger partial charge in [0.1, 0.15) is 5.69 Å². The van der Waals surface area contributed by atoms with E-state index in [1.54, 1.807) is 23.9 Å². The Balaban J connectivity index is 2.38. The number of Topliss-reactive ketones (excluding diaryl/α,β-unsaturated/α-hetero) is 1. The predicted octanol–water partition coefficient (Wildman–Crippen LogP) is 2.13. The Kier molecular flexibility index (Phi) is 3.06. The molecule has 0 saturated heterocycles. The third-order valence-corrected chi connectivity index (χ3v) is 2.57. The van der Waals surface area contributed by atoms with Crippen LogP contribution >= 0.6 is 0 Å². The molecule has 0 saturated carbocycles. The van der Waals surface area contributed by atoms with Crippen molar-refractivity contribution >= 4 is 5.78 Å². The van der Waals surface area contributed by atoms with Gasteiger partial charge in [-0.2, -0.15) is 5.10 Å². The van der Waals surface area contributed by atoms with Crippen molar-refractivity contribution in [1.29, 1.82) is 0 Å². The first-order chi connectivity index (χ1) is 8.08. The molecule has 1 aromatic heterocycles. The normalized spacial score (nSPS) is 12.4. The van der Waals surface area contributed by atoms with E-state index in [-0.39, 0.29) is 5.78 Å². The van der Waals surface area contributed by atoms with E-state index in [4.69, 9.17) is 0 Å². The van der Waals surface area contributed by atoms with E-state index >= 15 is 0 Å². The molecule has 17 heavy (non-hydrogen) atoms. The summed E-state index contributed by atoms with van der Waals surface area (Å²) >= 11 is 0. The van der Waals surface area contributed by atoms with E-state index in [1.165, 1.54) is 6.92 Å². The number of aliphatic hydroxyl groups is 1. The highest BCUT2D eigenvalue weighted by molar-refractivity contribution is 5.91. The van der Waals surface area contributed by atoms with Gasteiger partial charge in [0, 0.05) is 13.1 Å². The van der Waals surface area contributed by atoms with Gasteiger partial charge in [0.15, 0.2) is 5.78 Å². The summed E-state index contributed by atoms with van der Waals surface area (Å²) in [5, 5.41) is 13.7. The van der Waals surface area contributed by atoms with Gasteiger partial charge in [0.05, 0.1) is 11.8 Å². The number of hydrogen-bond donors (Lipinski definition) is 1. The summed E-state index contributed by atoms with van der Waals surface area (Å²) in [4.78, 5) is 11.1. The van der Waals surface area contributed by atoms with Crippen LogP contribution in [0.5, 0.6) is 0 Å². The largest absolute Gasteiger partial charge is 0.389 e. The number of ketones is 1. The number of aliphatic hydroxyl groups excluding tert-OH is 1. The second-order valence-corrected chi connectivity index (χ2v) is 3.97. The van der Waals surface area contributed by atoms with Crippen LogP contribution in [0.2, 0.25) is 0 Å². The maximum Gasteiger partial charge on any atom is 0.179 e. The smallest absolute Gasteiger partial charge is 0.179 e. The molecule has 1 aromatic carbocycles. The Bertz CT molecular complexity index is 544. The number of carbonyl (C=O) groups excluding carboxylic acids is 1.